The van der Waals surface area contributed by atoms with Gasteiger partial charge in [-0.15, -0.1) is 0 Å². The predicted molar refractivity (Wildman–Crippen MR) is 86.4 cm³/mol. The number of imide groups is 1. The third-order valence-electron chi connectivity index (χ3n) is 2.64. The first kappa shape index (κ1) is 20.7. The van der Waals surface area contributed by atoms with Gasteiger partial charge in [0.1, 0.15) is 0 Å². The van der Waals surface area contributed by atoms with Crippen molar-refractivity contribution in [3.05, 3.63) is 36.0 Å². The molecule has 1 aliphatic heterocycles. The molecule has 0 saturated carbocycles. The van der Waals surface area contributed by atoms with E-state index in [2.05, 4.69) is 20.4 Å². The molecule has 0 atom stereocenters. The third-order valence-corrected chi connectivity index (χ3v) is 2.64. The smallest absolute Gasteiger partial charge is 0.261 e. The Morgan fingerprint density at radius 1 is 1.05 bits per heavy atom. The lowest BCUT2D eigenvalue weighted by Gasteiger charge is -2.01. The lowest BCUT2D eigenvalue weighted by atomic mass is 10.1. The minimum absolute atomic E-state index is 0.249. The number of amides is 2. The molecular weight excluding hydrogens is 250 g/mol. The molecule has 0 aliphatic carbocycles. The molecular formula is C17H29NO2. The Morgan fingerprint density at radius 3 is 1.80 bits per heavy atom. The summed E-state index contributed by atoms with van der Waals surface area (Å²) >= 11 is 0. The summed E-state index contributed by atoms with van der Waals surface area (Å²) in [4.78, 5) is 23.9. The highest BCUT2D eigenvalue weighted by Gasteiger charge is 2.34. The van der Waals surface area contributed by atoms with E-state index in [1.54, 1.807) is 19.1 Å². The van der Waals surface area contributed by atoms with Crippen LogP contribution in [0.4, 0.5) is 0 Å². The molecule has 3 nitrogen and oxygen atoms in total. The molecule has 3 heteroatoms. The average molecular weight is 279 g/mol. The van der Waals surface area contributed by atoms with Crippen LogP contribution < -0.4 is 0 Å². The second-order valence-electron chi connectivity index (χ2n) is 4.04. The van der Waals surface area contributed by atoms with Gasteiger partial charge < -0.3 is 0 Å². The molecule has 0 aromatic rings. The van der Waals surface area contributed by atoms with Gasteiger partial charge in [-0.05, 0) is 13.0 Å². The van der Waals surface area contributed by atoms with Crippen LogP contribution in [0.3, 0.4) is 0 Å². The Morgan fingerprint density at radius 2 is 1.50 bits per heavy atom. The molecule has 1 rings (SSSR count). The zero-order valence-electron chi connectivity index (χ0n) is 13.8. The van der Waals surface area contributed by atoms with E-state index in [4.69, 9.17) is 0 Å². The second-order valence-corrected chi connectivity index (χ2v) is 4.04. The van der Waals surface area contributed by atoms with Crippen molar-refractivity contribution in [1.29, 1.82) is 0 Å². The maximum absolute atomic E-state index is 11.4. The summed E-state index contributed by atoms with van der Waals surface area (Å²) in [6.45, 7) is 13.6. The summed E-state index contributed by atoms with van der Waals surface area (Å²) in [5.74, 6) is -0.515. The zero-order chi connectivity index (χ0) is 16.1. The molecule has 0 spiro atoms. The van der Waals surface area contributed by atoms with Crippen molar-refractivity contribution in [3.63, 3.8) is 0 Å². The number of hydrogen-bond acceptors (Lipinski definition) is 2. The minimum atomic E-state index is -0.266. The number of likely N-dealkylation sites (N-methyl/N-ethyl adjacent to an activating group) is 1. The Kier molecular flexibility index (Phi) is 12.8. The normalized spacial score (nSPS) is 17.6. The fourth-order valence-corrected chi connectivity index (χ4v) is 1.60. The van der Waals surface area contributed by atoms with Crippen LogP contribution in [0, 0.1) is 0 Å². The van der Waals surface area contributed by atoms with E-state index in [0.29, 0.717) is 11.1 Å². The van der Waals surface area contributed by atoms with E-state index in [0.717, 1.165) is 4.90 Å². The molecule has 1 aliphatic rings. The van der Waals surface area contributed by atoms with Crippen LogP contribution in [-0.4, -0.2) is 23.8 Å². The van der Waals surface area contributed by atoms with Crippen LogP contribution in [0.5, 0.6) is 0 Å². The number of carbonyl (C=O) groups is 2. The first-order chi connectivity index (χ1) is 9.54. The topological polar surface area (TPSA) is 37.4 Å². The van der Waals surface area contributed by atoms with Crippen molar-refractivity contribution >= 4 is 11.8 Å². The maximum Gasteiger partial charge on any atom is 0.261 e. The number of hydrogen-bond donors (Lipinski definition) is 0. The molecule has 1 saturated heterocycles. The van der Waals surface area contributed by atoms with Gasteiger partial charge in [0.2, 0.25) is 0 Å². The van der Waals surface area contributed by atoms with Crippen LogP contribution >= 0.6 is 0 Å². The zero-order valence-corrected chi connectivity index (χ0v) is 13.8. The molecule has 0 radical (unpaired) electrons. The monoisotopic (exact) mass is 279 g/mol. The summed E-state index contributed by atoms with van der Waals surface area (Å²) in [6.07, 6.45) is 8.77. The van der Waals surface area contributed by atoms with Crippen LogP contribution in [0.2, 0.25) is 0 Å². The van der Waals surface area contributed by atoms with Gasteiger partial charge in [0.15, 0.2) is 0 Å². The van der Waals surface area contributed by atoms with Gasteiger partial charge in [-0.3, -0.25) is 14.5 Å². The van der Waals surface area contributed by atoms with Crippen molar-refractivity contribution in [3.8, 4) is 0 Å². The van der Waals surface area contributed by atoms with Gasteiger partial charge in [0.25, 0.3) is 11.8 Å². The van der Waals surface area contributed by atoms with Crippen LogP contribution in [0.1, 0.15) is 53.9 Å². The summed E-state index contributed by atoms with van der Waals surface area (Å²) < 4.78 is 0. The van der Waals surface area contributed by atoms with Gasteiger partial charge in [-0.2, -0.15) is 0 Å². The van der Waals surface area contributed by atoms with Gasteiger partial charge >= 0.3 is 0 Å². The lowest BCUT2D eigenvalue weighted by Crippen LogP contribution is -2.24. The van der Waals surface area contributed by atoms with Crippen LogP contribution in [0.15, 0.2) is 36.0 Å². The largest absolute Gasteiger partial charge is 0.277 e. The molecule has 0 N–H and O–H groups in total. The summed E-state index contributed by atoms with van der Waals surface area (Å²) in [5.41, 5.74) is 0.873. The van der Waals surface area contributed by atoms with Crippen LogP contribution in [0.25, 0.3) is 0 Å². The van der Waals surface area contributed by atoms with Crippen molar-refractivity contribution in [1.82, 2.24) is 4.90 Å². The van der Waals surface area contributed by atoms with E-state index >= 15 is 0 Å². The second kappa shape index (κ2) is 12.4. The fraction of sp³-hybridized carbons (Fsp3) is 0.529. The standard InChI is InChI=1S/C10H11NO2.C5H12.C2H6/c1-4-6-8-7(5-2)9(12)11(3)10(8)13;1-3-5-4-2;1-2/h4-6H,1H2,2-3H3;3-5H2,1-2H3;1-2H3/b7-5+,8-6+;;. The predicted octanol–water partition coefficient (Wildman–Crippen LogP) is 4.27. The molecule has 0 bridgehead atoms. The number of allylic oxidation sites excluding steroid dienone is 3. The highest BCUT2D eigenvalue weighted by atomic mass is 16.2. The Labute approximate surface area is 124 Å². The van der Waals surface area contributed by atoms with Crippen molar-refractivity contribution in [2.24, 2.45) is 0 Å². The minimum Gasteiger partial charge on any atom is -0.277 e. The van der Waals surface area contributed by atoms with Crippen molar-refractivity contribution < 1.29 is 9.59 Å². The number of carbonyl (C=O) groups excluding carboxylic acids is 2. The highest BCUT2D eigenvalue weighted by molar-refractivity contribution is 6.24. The maximum atomic E-state index is 11.4. The molecule has 114 valence electrons. The summed E-state index contributed by atoms with van der Waals surface area (Å²) in [5, 5.41) is 0. The fourth-order valence-electron chi connectivity index (χ4n) is 1.60. The Bertz CT molecular complexity index is 376. The van der Waals surface area contributed by atoms with Gasteiger partial charge in [0, 0.05) is 12.6 Å². The molecule has 0 aromatic heterocycles. The van der Waals surface area contributed by atoms with E-state index in [-0.39, 0.29) is 11.8 Å². The van der Waals surface area contributed by atoms with Gasteiger partial charge in [-0.25, -0.2) is 0 Å². The Hall–Kier alpha value is -1.64. The number of rotatable bonds is 3. The highest BCUT2D eigenvalue weighted by Crippen LogP contribution is 2.23. The molecule has 0 unspecified atom stereocenters. The first-order valence-corrected chi connectivity index (χ1v) is 7.36. The van der Waals surface area contributed by atoms with E-state index in [9.17, 15) is 9.59 Å². The summed E-state index contributed by atoms with van der Waals surface area (Å²) in [7, 11) is 1.47. The SMILES string of the molecule is C=C/C=C1/C(=O)N(C)C(=O)/C1=C/C.CC.CCCCC. The number of likely N-dealkylation sites (tertiary alicyclic amines) is 1. The van der Waals surface area contributed by atoms with E-state index in [1.807, 2.05) is 13.8 Å². The van der Waals surface area contributed by atoms with Gasteiger partial charge in [-0.1, -0.05) is 65.7 Å². The summed E-state index contributed by atoms with van der Waals surface area (Å²) in [6, 6.07) is 0. The third kappa shape index (κ3) is 6.00. The van der Waals surface area contributed by atoms with Crippen molar-refractivity contribution in [2.75, 3.05) is 7.05 Å². The first-order valence-electron chi connectivity index (χ1n) is 7.36. The Balaban J connectivity index is 0. The van der Waals surface area contributed by atoms with Gasteiger partial charge in [0.05, 0.1) is 5.57 Å². The van der Waals surface area contributed by atoms with Crippen molar-refractivity contribution in [2.45, 2.75) is 53.9 Å². The lowest BCUT2D eigenvalue weighted by molar-refractivity contribution is -0.134. The van der Waals surface area contributed by atoms with E-state index in [1.165, 1.54) is 32.4 Å². The number of nitrogens with zero attached hydrogens (tertiary/aromatic N) is 1. The molecule has 1 fully saturated rings. The molecule has 1 heterocycles. The number of unbranched alkanes of at least 4 members (excludes halogenated alkanes) is 2. The van der Waals surface area contributed by atoms with Crippen LogP contribution in [-0.2, 0) is 9.59 Å². The quantitative estimate of drug-likeness (QED) is 0.571. The average Bonchev–Trinajstić information content (AvgIpc) is 2.67. The molecule has 2 amide bonds. The molecule has 0 aromatic carbocycles. The van der Waals surface area contributed by atoms with E-state index < -0.39 is 0 Å². The molecule has 20 heavy (non-hydrogen) atoms.